The highest BCUT2D eigenvalue weighted by atomic mass is 35.7. The number of aryl methyl sites for hydroxylation is 1. The Morgan fingerprint density at radius 1 is 1.39 bits per heavy atom. The van der Waals surface area contributed by atoms with Crippen molar-refractivity contribution in [3.63, 3.8) is 0 Å². The summed E-state index contributed by atoms with van der Waals surface area (Å²) in [6.07, 6.45) is 2.12. The number of benzene rings is 1. The maximum atomic E-state index is 11.5. The second-order valence-corrected chi connectivity index (χ2v) is 6.27. The number of carbonyl (C=O) groups excluding carboxylic acids is 1. The third-order valence-corrected chi connectivity index (χ3v) is 4.05. The number of rotatable bonds is 3. The lowest BCUT2D eigenvalue weighted by Gasteiger charge is -2.07. The molecule has 0 aliphatic carbocycles. The first-order valence-electron chi connectivity index (χ1n) is 4.96. The first kappa shape index (κ1) is 12.9. The van der Waals surface area contributed by atoms with Crippen molar-refractivity contribution in [1.29, 1.82) is 0 Å². The van der Waals surface area contributed by atoms with Crippen LogP contribution in [0.15, 0.2) is 23.2 Å². The summed E-state index contributed by atoms with van der Waals surface area (Å²) in [5.74, 6) is 0.477. The molecule has 18 heavy (non-hydrogen) atoms. The van der Waals surface area contributed by atoms with Crippen molar-refractivity contribution < 1.29 is 17.9 Å². The van der Waals surface area contributed by atoms with E-state index in [0.717, 1.165) is 0 Å². The topological polar surface area (TPSA) is 65.4 Å². The van der Waals surface area contributed by atoms with Gasteiger partial charge in [-0.15, -0.1) is 0 Å². The summed E-state index contributed by atoms with van der Waals surface area (Å²) in [6.45, 7) is 0. The predicted molar refractivity (Wildman–Crippen MR) is 67.9 cm³/mol. The standard InChI is InChI=1S/C11H10ClNO4S/c1-13-5-7(6-14)10-9(18(12,15)16)4-3-8(17-2)11(10)13/h3-6H,1-2H3. The van der Waals surface area contributed by atoms with E-state index in [1.54, 1.807) is 11.6 Å². The molecule has 96 valence electrons. The highest BCUT2D eigenvalue weighted by Gasteiger charge is 2.21. The molecule has 1 heterocycles. The van der Waals surface area contributed by atoms with E-state index in [0.29, 0.717) is 17.6 Å². The van der Waals surface area contributed by atoms with E-state index in [1.807, 2.05) is 0 Å². The van der Waals surface area contributed by atoms with Crippen LogP contribution in [0.25, 0.3) is 10.9 Å². The van der Waals surface area contributed by atoms with Crippen molar-refractivity contribution in [1.82, 2.24) is 4.57 Å². The van der Waals surface area contributed by atoms with Gasteiger partial charge in [0, 0.05) is 34.9 Å². The van der Waals surface area contributed by atoms with Crippen LogP contribution in [0, 0.1) is 0 Å². The van der Waals surface area contributed by atoms with Gasteiger partial charge >= 0.3 is 0 Å². The number of ether oxygens (including phenoxy) is 1. The Morgan fingerprint density at radius 2 is 2.06 bits per heavy atom. The number of methoxy groups -OCH3 is 1. The maximum absolute atomic E-state index is 11.5. The third-order valence-electron chi connectivity index (χ3n) is 2.69. The predicted octanol–water partition coefficient (Wildman–Crippen LogP) is 1.93. The summed E-state index contributed by atoms with van der Waals surface area (Å²) < 4.78 is 29.8. The molecule has 0 radical (unpaired) electrons. The maximum Gasteiger partial charge on any atom is 0.262 e. The number of halogens is 1. The summed E-state index contributed by atoms with van der Waals surface area (Å²) in [4.78, 5) is 10.9. The van der Waals surface area contributed by atoms with Gasteiger partial charge in [0.1, 0.15) is 5.75 Å². The van der Waals surface area contributed by atoms with Gasteiger partial charge in [-0.3, -0.25) is 4.79 Å². The van der Waals surface area contributed by atoms with Crippen molar-refractivity contribution in [2.24, 2.45) is 7.05 Å². The molecule has 2 rings (SSSR count). The summed E-state index contributed by atoms with van der Waals surface area (Å²) in [7, 11) is 4.61. The van der Waals surface area contributed by atoms with Crippen molar-refractivity contribution in [2.45, 2.75) is 4.90 Å². The minimum absolute atomic E-state index is 0.0948. The van der Waals surface area contributed by atoms with E-state index in [2.05, 4.69) is 0 Å². The molecular formula is C11H10ClNO4S. The van der Waals surface area contributed by atoms with E-state index >= 15 is 0 Å². The van der Waals surface area contributed by atoms with Crippen LogP contribution < -0.4 is 4.74 Å². The summed E-state index contributed by atoms with van der Waals surface area (Å²) >= 11 is 0. The lowest BCUT2D eigenvalue weighted by Crippen LogP contribution is -1.96. The van der Waals surface area contributed by atoms with Crippen LogP contribution in [0.5, 0.6) is 5.75 Å². The van der Waals surface area contributed by atoms with Gasteiger partial charge in [-0.2, -0.15) is 0 Å². The van der Waals surface area contributed by atoms with Crippen LogP contribution >= 0.6 is 10.7 Å². The largest absolute Gasteiger partial charge is 0.495 e. The Balaban J connectivity index is 3.05. The van der Waals surface area contributed by atoms with Crippen molar-refractivity contribution in [3.8, 4) is 5.75 Å². The molecule has 0 bridgehead atoms. The van der Waals surface area contributed by atoms with Crippen molar-refractivity contribution in [3.05, 3.63) is 23.9 Å². The average molecular weight is 288 g/mol. The molecule has 0 spiro atoms. The first-order valence-corrected chi connectivity index (χ1v) is 7.27. The molecule has 7 heteroatoms. The van der Waals surface area contributed by atoms with Crippen LogP contribution in [0.1, 0.15) is 10.4 Å². The summed E-state index contributed by atoms with van der Waals surface area (Å²) in [6, 6.07) is 2.84. The molecule has 2 aromatic rings. The zero-order chi connectivity index (χ0) is 13.5. The number of nitrogens with zero attached hydrogens (tertiary/aromatic N) is 1. The number of hydrogen-bond donors (Lipinski definition) is 0. The van der Waals surface area contributed by atoms with Gasteiger partial charge in [0.05, 0.1) is 17.5 Å². The SMILES string of the molecule is COc1ccc(S(=O)(=O)Cl)c2c(C=O)cn(C)c12. The van der Waals surface area contributed by atoms with Crippen LogP contribution in [-0.2, 0) is 16.1 Å². The Labute approximate surface area is 108 Å². The van der Waals surface area contributed by atoms with E-state index in [9.17, 15) is 13.2 Å². The van der Waals surface area contributed by atoms with Gasteiger partial charge in [-0.1, -0.05) is 0 Å². The summed E-state index contributed by atoms with van der Waals surface area (Å²) in [5, 5.41) is 0.279. The fourth-order valence-electron chi connectivity index (χ4n) is 1.98. The Kier molecular flexibility index (Phi) is 3.08. The fourth-order valence-corrected chi connectivity index (χ4v) is 3.05. The molecule has 5 nitrogen and oxygen atoms in total. The Hall–Kier alpha value is -1.53. The highest BCUT2D eigenvalue weighted by molar-refractivity contribution is 8.14. The normalized spacial score (nSPS) is 11.7. The van der Waals surface area contributed by atoms with Crippen molar-refractivity contribution >= 4 is 36.9 Å². The van der Waals surface area contributed by atoms with Crippen molar-refractivity contribution in [2.75, 3.05) is 7.11 Å². The molecular weight excluding hydrogens is 278 g/mol. The number of aromatic nitrogens is 1. The highest BCUT2D eigenvalue weighted by Crippen LogP contribution is 2.35. The number of fused-ring (bicyclic) bond motifs is 1. The van der Waals surface area contributed by atoms with E-state index < -0.39 is 9.05 Å². The molecule has 0 atom stereocenters. The minimum Gasteiger partial charge on any atom is -0.495 e. The van der Waals surface area contributed by atoms with Gasteiger partial charge in [0.2, 0.25) is 0 Å². The third kappa shape index (κ3) is 1.87. The van der Waals surface area contributed by atoms with Crippen LogP contribution in [0.4, 0.5) is 0 Å². The monoisotopic (exact) mass is 287 g/mol. The van der Waals surface area contributed by atoms with Gasteiger partial charge < -0.3 is 9.30 Å². The van der Waals surface area contributed by atoms with Gasteiger partial charge in [0.15, 0.2) is 6.29 Å². The lowest BCUT2D eigenvalue weighted by molar-refractivity contribution is 0.112. The number of carbonyl (C=O) groups is 1. The average Bonchev–Trinajstić information content (AvgIpc) is 2.64. The molecule has 0 saturated carbocycles. The van der Waals surface area contributed by atoms with E-state index in [1.165, 1.54) is 25.4 Å². The molecule has 0 fully saturated rings. The van der Waals surface area contributed by atoms with E-state index in [-0.39, 0.29) is 15.8 Å². The van der Waals surface area contributed by atoms with Crippen LogP contribution in [-0.4, -0.2) is 26.4 Å². The molecule has 1 aromatic heterocycles. The molecule has 0 aliphatic rings. The lowest BCUT2D eigenvalue weighted by atomic mass is 10.2. The Morgan fingerprint density at radius 3 is 2.56 bits per heavy atom. The molecule has 0 N–H and O–H groups in total. The second-order valence-electron chi connectivity index (χ2n) is 3.74. The summed E-state index contributed by atoms with van der Waals surface area (Å²) in [5.41, 5.74) is 0.770. The molecule has 0 saturated heterocycles. The van der Waals surface area contributed by atoms with Gasteiger partial charge in [-0.25, -0.2) is 8.42 Å². The second kappa shape index (κ2) is 4.29. The Bertz CT molecular complexity index is 733. The molecule has 0 amide bonds. The zero-order valence-electron chi connectivity index (χ0n) is 9.68. The zero-order valence-corrected chi connectivity index (χ0v) is 11.2. The van der Waals surface area contributed by atoms with Crippen LogP contribution in [0.2, 0.25) is 0 Å². The first-order chi connectivity index (χ1) is 8.40. The molecule has 1 aromatic carbocycles. The molecule has 0 aliphatic heterocycles. The number of aldehydes is 1. The smallest absolute Gasteiger partial charge is 0.262 e. The van der Waals surface area contributed by atoms with E-state index in [4.69, 9.17) is 15.4 Å². The van der Waals surface area contributed by atoms with Gasteiger partial charge in [0.25, 0.3) is 9.05 Å². The fraction of sp³-hybridized carbons (Fsp3) is 0.182. The molecule has 0 unspecified atom stereocenters. The van der Waals surface area contributed by atoms with Gasteiger partial charge in [-0.05, 0) is 12.1 Å². The van der Waals surface area contributed by atoms with Crippen LogP contribution in [0.3, 0.4) is 0 Å². The number of hydrogen-bond acceptors (Lipinski definition) is 4. The minimum atomic E-state index is -3.93. The quantitative estimate of drug-likeness (QED) is 0.639.